The second-order valence-corrected chi connectivity index (χ2v) is 5.39. The Morgan fingerprint density at radius 2 is 1.81 bits per heavy atom. The summed E-state index contributed by atoms with van der Waals surface area (Å²) in [5.41, 5.74) is 1.32. The Morgan fingerprint density at radius 3 is 2.52 bits per heavy atom. The molecule has 0 saturated carbocycles. The fourth-order valence-corrected chi connectivity index (χ4v) is 2.22. The smallest absolute Gasteiger partial charge is 0.275 e. The van der Waals surface area contributed by atoms with Gasteiger partial charge in [-0.2, -0.15) is 0 Å². The lowest BCUT2D eigenvalue weighted by atomic mass is 10.2. The molecule has 3 nitrogen and oxygen atoms in total. The molecule has 0 saturated heterocycles. The number of nitrogens with one attached hydrogen (secondary N) is 1. The molecule has 1 aliphatic rings. The van der Waals surface area contributed by atoms with Crippen molar-refractivity contribution in [2.75, 3.05) is 0 Å². The molecular weight excluding hydrogens is 335 g/mol. The molecular formula is C16H10BrFN2O. The average Bonchev–Trinajstić information content (AvgIpc) is 2.83. The van der Waals surface area contributed by atoms with E-state index in [0.717, 1.165) is 10.0 Å². The molecule has 0 spiro atoms. The monoisotopic (exact) mass is 344 g/mol. The van der Waals surface area contributed by atoms with Gasteiger partial charge in [-0.1, -0.05) is 46.3 Å². The van der Waals surface area contributed by atoms with Crippen molar-refractivity contribution in [2.24, 2.45) is 4.99 Å². The minimum Gasteiger partial charge on any atom is -0.305 e. The van der Waals surface area contributed by atoms with Gasteiger partial charge < -0.3 is 5.32 Å². The summed E-state index contributed by atoms with van der Waals surface area (Å²) < 4.78 is 14.5. The van der Waals surface area contributed by atoms with E-state index < -0.39 is 0 Å². The van der Waals surface area contributed by atoms with E-state index in [2.05, 4.69) is 26.2 Å². The van der Waals surface area contributed by atoms with E-state index in [0.29, 0.717) is 11.4 Å². The number of hydrogen-bond donors (Lipinski definition) is 1. The molecule has 1 amide bonds. The molecule has 1 heterocycles. The van der Waals surface area contributed by atoms with E-state index in [-0.39, 0.29) is 17.4 Å². The van der Waals surface area contributed by atoms with Crippen LogP contribution < -0.4 is 5.32 Å². The summed E-state index contributed by atoms with van der Waals surface area (Å²) in [5, 5.41) is 2.68. The number of halogens is 2. The highest BCUT2D eigenvalue weighted by Crippen LogP contribution is 2.18. The predicted molar refractivity (Wildman–Crippen MR) is 83.2 cm³/mol. The van der Waals surface area contributed by atoms with Gasteiger partial charge in [0.05, 0.1) is 0 Å². The van der Waals surface area contributed by atoms with Gasteiger partial charge in [-0.05, 0) is 24.3 Å². The van der Waals surface area contributed by atoms with Gasteiger partial charge in [-0.25, -0.2) is 9.38 Å². The molecule has 104 valence electrons. The average molecular weight is 345 g/mol. The fraction of sp³-hybridized carbons (Fsp3) is 0. The summed E-state index contributed by atoms with van der Waals surface area (Å²) in [7, 11) is 0. The van der Waals surface area contributed by atoms with Gasteiger partial charge in [-0.3, -0.25) is 4.79 Å². The zero-order valence-corrected chi connectivity index (χ0v) is 12.4. The van der Waals surface area contributed by atoms with Crippen LogP contribution in [0, 0.1) is 5.82 Å². The van der Waals surface area contributed by atoms with Crippen molar-refractivity contribution in [1.29, 1.82) is 0 Å². The highest BCUT2D eigenvalue weighted by Gasteiger charge is 2.21. The van der Waals surface area contributed by atoms with Crippen LogP contribution in [0.2, 0.25) is 0 Å². The number of rotatable bonds is 2. The van der Waals surface area contributed by atoms with E-state index in [1.807, 2.05) is 24.3 Å². The standard InChI is InChI=1S/C16H10BrFN2O/c17-12-7-5-10(6-8-12)15-19-14(16(21)20-15)9-11-3-1-2-4-13(11)18/h1-9H,(H,19,20,21)/b14-9+. The zero-order chi connectivity index (χ0) is 14.8. The summed E-state index contributed by atoms with van der Waals surface area (Å²) in [5.74, 6) is -0.253. The summed E-state index contributed by atoms with van der Waals surface area (Å²) in [4.78, 5) is 16.2. The molecule has 1 N–H and O–H groups in total. The van der Waals surface area contributed by atoms with Crippen LogP contribution in [-0.4, -0.2) is 11.7 Å². The number of amidine groups is 1. The zero-order valence-electron chi connectivity index (χ0n) is 10.8. The van der Waals surface area contributed by atoms with E-state index in [1.165, 1.54) is 12.1 Å². The maximum absolute atomic E-state index is 13.6. The Balaban J connectivity index is 1.96. The highest BCUT2D eigenvalue weighted by molar-refractivity contribution is 9.10. The molecule has 0 unspecified atom stereocenters. The van der Waals surface area contributed by atoms with Crippen LogP contribution in [0.15, 0.2) is 63.7 Å². The molecule has 0 fully saturated rings. The van der Waals surface area contributed by atoms with Crippen molar-refractivity contribution >= 4 is 33.7 Å². The third-order valence-corrected chi connectivity index (χ3v) is 3.54. The van der Waals surface area contributed by atoms with Gasteiger partial charge in [0.25, 0.3) is 5.91 Å². The minimum absolute atomic E-state index is 0.193. The number of amides is 1. The van der Waals surface area contributed by atoms with E-state index in [1.54, 1.807) is 18.2 Å². The molecule has 2 aromatic rings. The first-order chi connectivity index (χ1) is 10.1. The van der Waals surface area contributed by atoms with Gasteiger partial charge in [0.2, 0.25) is 0 Å². The quantitative estimate of drug-likeness (QED) is 0.832. The summed E-state index contributed by atoms with van der Waals surface area (Å²) >= 11 is 3.35. The molecule has 0 bridgehead atoms. The second-order valence-electron chi connectivity index (χ2n) is 4.47. The second kappa shape index (κ2) is 5.61. The molecule has 1 aliphatic heterocycles. The predicted octanol–water partition coefficient (Wildman–Crippen LogP) is 3.51. The van der Waals surface area contributed by atoms with Crippen LogP contribution in [-0.2, 0) is 4.79 Å². The Morgan fingerprint density at radius 1 is 1.10 bits per heavy atom. The number of hydrogen-bond acceptors (Lipinski definition) is 2. The third-order valence-electron chi connectivity index (χ3n) is 3.01. The van der Waals surface area contributed by atoms with Crippen LogP contribution in [0.25, 0.3) is 6.08 Å². The molecule has 0 aliphatic carbocycles. The van der Waals surface area contributed by atoms with Gasteiger partial charge in [-0.15, -0.1) is 0 Å². The van der Waals surface area contributed by atoms with Gasteiger partial charge in [0.15, 0.2) is 0 Å². The number of nitrogens with zero attached hydrogens (tertiary/aromatic N) is 1. The van der Waals surface area contributed by atoms with Crippen molar-refractivity contribution in [3.63, 3.8) is 0 Å². The minimum atomic E-state index is -0.384. The first-order valence-electron chi connectivity index (χ1n) is 6.26. The van der Waals surface area contributed by atoms with Crippen molar-refractivity contribution in [3.05, 3.63) is 75.6 Å². The number of carbonyl (C=O) groups excluding carboxylic acids is 1. The van der Waals surface area contributed by atoms with E-state index in [4.69, 9.17) is 0 Å². The van der Waals surface area contributed by atoms with Crippen LogP contribution in [0.3, 0.4) is 0 Å². The molecule has 5 heteroatoms. The summed E-state index contributed by atoms with van der Waals surface area (Å²) in [6.45, 7) is 0. The summed E-state index contributed by atoms with van der Waals surface area (Å²) in [6, 6.07) is 13.7. The SMILES string of the molecule is O=C1NC(c2ccc(Br)cc2)=N/C1=C/c1ccccc1F. The normalized spacial score (nSPS) is 16.0. The van der Waals surface area contributed by atoms with Crippen molar-refractivity contribution < 1.29 is 9.18 Å². The first-order valence-corrected chi connectivity index (χ1v) is 7.05. The Hall–Kier alpha value is -2.27. The van der Waals surface area contributed by atoms with Crippen molar-refractivity contribution in [1.82, 2.24) is 5.32 Å². The third kappa shape index (κ3) is 2.92. The Labute approximate surface area is 129 Å². The lowest BCUT2D eigenvalue weighted by molar-refractivity contribution is -0.115. The highest BCUT2D eigenvalue weighted by atomic mass is 79.9. The lowest BCUT2D eigenvalue weighted by Gasteiger charge is -1.99. The maximum atomic E-state index is 13.6. The number of aliphatic imine (C=N–C) groups is 1. The largest absolute Gasteiger partial charge is 0.305 e. The number of benzene rings is 2. The van der Waals surface area contributed by atoms with Crippen molar-refractivity contribution in [3.8, 4) is 0 Å². The van der Waals surface area contributed by atoms with Gasteiger partial charge >= 0.3 is 0 Å². The van der Waals surface area contributed by atoms with Crippen LogP contribution in [0.1, 0.15) is 11.1 Å². The van der Waals surface area contributed by atoms with Crippen molar-refractivity contribution in [2.45, 2.75) is 0 Å². The lowest BCUT2D eigenvalue weighted by Crippen LogP contribution is -2.24. The Kier molecular flexibility index (Phi) is 3.66. The maximum Gasteiger partial charge on any atom is 0.275 e. The van der Waals surface area contributed by atoms with Gasteiger partial charge in [0, 0.05) is 15.6 Å². The topological polar surface area (TPSA) is 41.5 Å². The van der Waals surface area contributed by atoms with Crippen LogP contribution in [0.5, 0.6) is 0 Å². The summed E-state index contributed by atoms with van der Waals surface area (Å²) in [6.07, 6.45) is 1.44. The molecule has 2 aromatic carbocycles. The van der Waals surface area contributed by atoms with Gasteiger partial charge in [0.1, 0.15) is 17.3 Å². The molecule has 0 radical (unpaired) electrons. The number of carbonyl (C=O) groups is 1. The molecule has 0 aromatic heterocycles. The first kappa shape index (κ1) is 13.7. The molecule has 0 atom stereocenters. The molecule has 21 heavy (non-hydrogen) atoms. The van der Waals surface area contributed by atoms with Crippen LogP contribution in [0.4, 0.5) is 4.39 Å². The van der Waals surface area contributed by atoms with E-state index in [9.17, 15) is 9.18 Å². The fourth-order valence-electron chi connectivity index (χ4n) is 1.95. The molecule has 3 rings (SSSR count). The Bertz CT molecular complexity index is 766. The van der Waals surface area contributed by atoms with Crippen LogP contribution >= 0.6 is 15.9 Å². The van der Waals surface area contributed by atoms with E-state index >= 15 is 0 Å².